The zero-order valence-electron chi connectivity index (χ0n) is 17.1. The van der Waals surface area contributed by atoms with E-state index >= 15 is 0 Å². The highest BCUT2D eigenvalue weighted by molar-refractivity contribution is 5.78. The fourth-order valence-electron chi connectivity index (χ4n) is 3.77. The van der Waals surface area contributed by atoms with Crippen LogP contribution >= 0.6 is 0 Å². The maximum Gasteiger partial charge on any atom is 0.348 e. The molecule has 152 valence electrons. The molecule has 4 heteroatoms. The number of carbonyl (C=O) groups is 1. The Labute approximate surface area is 164 Å². The molecule has 27 heavy (non-hydrogen) atoms. The highest BCUT2D eigenvalue weighted by Gasteiger charge is 2.38. The summed E-state index contributed by atoms with van der Waals surface area (Å²) in [7, 11) is 0. The van der Waals surface area contributed by atoms with Crippen molar-refractivity contribution >= 4 is 5.97 Å². The third kappa shape index (κ3) is 6.44. The molecular formula is C23H36O4. The number of aliphatic carboxylic acids is 1. The van der Waals surface area contributed by atoms with Gasteiger partial charge in [-0.05, 0) is 55.9 Å². The fraction of sp³-hybridized carbons (Fsp3) is 0.696. The van der Waals surface area contributed by atoms with Crippen molar-refractivity contribution in [1.82, 2.24) is 0 Å². The van der Waals surface area contributed by atoms with Crippen molar-refractivity contribution < 1.29 is 19.4 Å². The van der Waals surface area contributed by atoms with E-state index < -0.39 is 11.6 Å². The first kappa shape index (κ1) is 21.6. The van der Waals surface area contributed by atoms with Crippen LogP contribution in [0, 0.1) is 0 Å². The van der Waals surface area contributed by atoms with Gasteiger partial charge in [0.25, 0.3) is 0 Å². The van der Waals surface area contributed by atoms with Crippen LogP contribution in [0.15, 0.2) is 18.2 Å². The van der Waals surface area contributed by atoms with E-state index in [2.05, 4.69) is 6.92 Å². The molecule has 0 aromatic heterocycles. The van der Waals surface area contributed by atoms with Crippen LogP contribution in [0.3, 0.4) is 0 Å². The summed E-state index contributed by atoms with van der Waals surface area (Å²) < 4.78 is 11.7. The first-order valence-corrected chi connectivity index (χ1v) is 10.8. The third-order valence-corrected chi connectivity index (χ3v) is 5.59. The molecule has 1 aromatic rings. The quantitative estimate of drug-likeness (QED) is 0.419. The number of aryl methyl sites for hydroxylation is 1. The molecule has 1 N–H and O–H groups in total. The predicted molar refractivity (Wildman–Crippen MR) is 109 cm³/mol. The topological polar surface area (TPSA) is 55.8 Å². The van der Waals surface area contributed by atoms with Gasteiger partial charge in [0.1, 0.15) is 11.5 Å². The Morgan fingerprint density at radius 2 is 1.81 bits per heavy atom. The molecule has 1 aliphatic rings. The molecule has 0 saturated heterocycles. The molecule has 1 heterocycles. The van der Waals surface area contributed by atoms with E-state index in [4.69, 9.17) is 9.47 Å². The average molecular weight is 377 g/mol. The highest BCUT2D eigenvalue weighted by atomic mass is 16.5. The summed E-state index contributed by atoms with van der Waals surface area (Å²) in [5, 5.41) is 9.87. The molecule has 0 bridgehead atoms. The third-order valence-electron chi connectivity index (χ3n) is 5.59. The molecule has 0 spiro atoms. The number of carboxylic acids is 1. The van der Waals surface area contributed by atoms with Crippen LogP contribution in [0.2, 0.25) is 0 Å². The van der Waals surface area contributed by atoms with E-state index in [0.29, 0.717) is 18.6 Å². The van der Waals surface area contributed by atoms with Gasteiger partial charge in [-0.3, -0.25) is 0 Å². The zero-order valence-corrected chi connectivity index (χ0v) is 17.1. The second-order valence-electron chi connectivity index (χ2n) is 7.70. The van der Waals surface area contributed by atoms with Crippen molar-refractivity contribution in [3.8, 4) is 11.5 Å². The molecule has 2 rings (SSSR count). The van der Waals surface area contributed by atoms with Crippen LogP contribution in [0.1, 0.15) is 90.0 Å². The van der Waals surface area contributed by atoms with Gasteiger partial charge in [-0.2, -0.15) is 0 Å². The zero-order chi connectivity index (χ0) is 19.5. The fourth-order valence-corrected chi connectivity index (χ4v) is 3.77. The normalized spacial score (nSPS) is 15.5. The van der Waals surface area contributed by atoms with Crippen LogP contribution < -0.4 is 9.47 Å². The lowest BCUT2D eigenvalue weighted by Crippen LogP contribution is -2.44. The van der Waals surface area contributed by atoms with Crippen LogP contribution in [0.4, 0.5) is 0 Å². The maximum atomic E-state index is 12.0. The van der Waals surface area contributed by atoms with Gasteiger partial charge in [0.2, 0.25) is 5.60 Å². The summed E-state index contributed by atoms with van der Waals surface area (Å²) in [5.74, 6) is 0.680. The predicted octanol–water partition coefficient (Wildman–Crippen LogP) is 6.15. The van der Waals surface area contributed by atoms with E-state index in [1.54, 1.807) is 0 Å². The van der Waals surface area contributed by atoms with Gasteiger partial charge in [0.15, 0.2) is 0 Å². The smallest absolute Gasteiger partial charge is 0.348 e. The summed E-state index contributed by atoms with van der Waals surface area (Å²) in [6, 6.07) is 5.70. The highest BCUT2D eigenvalue weighted by Crippen LogP contribution is 2.33. The first-order valence-electron chi connectivity index (χ1n) is 10.8. The Bertz CT molecular complexity index is 584. The molecule has 0 aliphatic carbocycles. The lowest BCUT2D eigenvalue weighted by Gasteiger charge is -2.30. The molecule has 1 atom stereocenters. The Kier molecular flexibility index (Phi) is 8.96. The van der Waals surface area contributed by atoms with Gasteiger partial charge in [0.05, 0.1) is 6.61 Å². The number of carboxylic acid groups (broad SMARTS) is 1. The maximum absolute atomic E-state index is 12.0. The van der Waals surface area contributed by atoms with Gasteiger partial charge in [-0.25, -0.2) is 4.79 Å². The summed E-state index contributed by atoms with van der Waals surface area (Å²) in [4.78, 5) is 12.0. The molecular weight excluding hydrogens is 340 g/mol. The molecule has 0 radical (unpaired) electrons. The Morgan fingerprint density at radius 3 is 2.48 bits per heavy atom. The van der Waals surface area contributed by atoms with Crippen molar-refractivity contribution in [2.45, 2.75) is 96.5 Å². The number of hydrogen-bond donors (Lipinski definition) is 1. The van der Waals surface area contributed by atoms with Gasteiger partial charge in [0, 0.05) is 0 Å². The van der Waals surface area contributed by atoms with Crippen molar-refractivity contribution in [1.29, 1.82) is 0 Å². The van der Waals surface area contributed by atoms with Crippen molar-refractivity contribution in [3.05, 3.63) is 23.8 Å². The second-order valence-corrected chi connectivity index (χ2v) is 7.70. The van der Waals surface area contributed by atoms with Gasteiger partial charge < -0.3 is 14.6 Å². The van der Waals surface area contributed by atoms with E-state index in [-0.39, 0.29) is 0 Å². The molecule has 1 aliphatic heterocycles. The molecule has 1 unspecified atom stereocenters. The lowest BCUT2D eigenvalue weighted by atomic mass is 9.92. The van der Waals surface area contributed by atoms with Crippen molar-refractivity contribution in [3.63, 3.8) is 0 Å². The Morgan fingerprint density at radius 1 is 1.11 bits per heavy atom. The van der Waals surface area contributed by atoms with E-state index in [1.807, 2.05) is 25.1 Å². The first-order chi connectivity index (χ1) is 13.1. The molecule has 0 fully saturated rings. The van der Waals surface area contributed by atoms with Gasteiger partial charge in [-0.1, -0.05) is 58.8 Å². The Balaban J connectivity index is 1.89. The minimum atomic E-state index is -1.13. The molecule has 4 nitrogen and oxygen atoms in total. The van der Waals surface area contributed by atoms with E-state index in [0.717, 1.165) is 43.6 Å². The van der Waals surface area contributed by atoms with Crippen LogP contribution in [-0.4, -0.2) is 23.3 Å². The molecule has 0 saturated carbocycles. The summed E-state index contributed by atoms with van der Waals surface area (Å²) >= 11 is 0. The van der Waals surface area contributed by atoms with Crippen LogP contribution in [0.25, 0.3) is 0 Å². The number of rotatable bonds is 13. The summed E-state index contributed by atoms with van der Waals surface area (Å²) in [6.07, 6.45) is 12.6. The van der Waals surface area contributed by atoms with E-state index in [9.17, 15) is 9.90 Å². The SMILES string of the molecule is CCCCCCCCCCC(CC)(Oc1ccc2c(c1)CCCO2)C(=O)O. The Hall–Kier alpha value is -1.71. The van der Waals surface area contributed by atoms with Gasteiger partial charge >= 0.3 is 5.97 Å². The largest absolute Gasteiger partial charge is 0.493 e. The number of ether oxygens (including phenoxy) is 2. The number of benzene rings is 1. The van der Waals surface area contributed by atoms with Crippen LogP contribution in [-0.2, 0) is 11.2 Å². The number of fused-ring (bicyclic) bond motifs is 1. The van der Waals surface area contributed by atoms with Crippen molar-refractivity contribution in [2.24, 2.45) is 0 Å². The minimum absolute atomic E-state index is 0.465. The minimum Gasteiger partial charge on any atom is -0.493 e. The monoisotopic (exact) mass is 376 g/mol. The number of hydrogen-bond acceptors (Lipinski definition) is 3. The summed E-state index contributed by atoms with van der Waals surface area (Å²) in [5.41, 5.74) is -0.0207. The number of unbranched alkanes of at least 4 members (excludes halogenated alkanes) is 7. The average Bonchev–Trinajstić information content (AvgIpc) is 2.68. The van der Waals surface area contributed by atoms with Crippen LogP contribution in [0.5, 0.6) is 11.5 Å². The lowest BCUT2D eigenvalue weighted by molar-refractivity contribution is -0.156. The van der Waals surface area contributed by atoms with Gasteiger partial charge in [-0.15, -0.1) is 0 Å². The summed E-state index contributed by atoms with van der Waals surface area (Å²) in [6.45, 7) is 4.88. The standard InChI is InChI=1S/C23H36O4/c1-3-5-6-7-8-9-10-11-16-23(4-2,22(24)25)27-20-14-15-21-19(18-20)13-12-17-26-21/h14-15,18H,3-13,16-17H2,1-2H3,(H,24,25). The van der Waals surface area contributed by atoms with Crippen molar-refractivity contribution in [2.75, 3.05) is 6.61 Å². The van der Waals surface area contributed by atoms with E-state index in [1.165, 1.54) is 38.5 Å². The molecule has 0 amide bonds. The molecule has 1 aromatic carbocycles. The second kappa shape index (κ2) is 11.2.